The standard InChI is InChI=1S/C12H17ClFN/c1-4-8(2)12(3,15)10-6-5-9(13)7-11(10)14/h5-8H,4,15H2,1-3H3. The smallest absolute Gasteiger partial charge is 0.129 e. The number of hydrogen-bond acceptors (Lipinski definition) is 1. The summed E-state index contributed by atoms with van der Waals surface area (Å²) in [5, 5.41) is 0.399. The molecule has 0 bridgehead atoms. The van der Waals surface area contributed by atoms with Crippen LogP contribution in [0.3, 0.4) is 0 Å². The van der Waals surface area contributed by atoms with Crippen LogP contribution in [-0.4, -0.2) is 0 Å². The molecule has 0 amide bonds. The van der Waals surface area contributed by atoms with E-state index < -0.39 is 5.54 Å². The highest BCUT2D eigenvalue weighted by Gasteiger charge is 2.29. The molecule has 2 unspecified atom stereocenters. The highest BCUT2D eigenvalue weighted by Crippen LogP contribution is 2.31. The summed E-state index contributed by atoms with van der Waals surface area (Å²) in [6.07, 6.45) is 0.912. The molecule has 0 fully saturated rings. The zero-order chi connectivity index (χ0) is 11.6. The van der Waals surface area contributed by atoms with Crippen LogP contribution in [0, 0.1) is 11.7 Å². The van der Waals surface area contributed by atoms with Crippen molar-refractivity contribution in [3.63, 3.8) is 0 Å². The van der Waals surface area contributed by atoms with Gasteiger partial charge in [-0.1, -0.05) is 37.9 Å². The van der Waals surface area contributed by atoms with E-state index >= 15 is 0 Å². The minimum atomic E-state index is -0.649. The Morgan fingerprint density at radius 3 is 2.60 bits per heavy atom. The summed E-state index contributed by atoms with van der Waals surface area (Å²) in [4.78, 5) is 0. The van der Waals surface area contributed by atoms with Crippen molar-refractivity contribution in [2.75, 3.05) is 0 Å². The van der Waals surface area contributed by atoms with Gasteiger partial charge in [0.25, 0.3) is 0 Å². The largest absolute Gasteiger partial charge is 0.321 e. The van der Waals surface area contributed by atoms with Crippen LogP contribution < -0.4 is 5.73 Å². The van der Waals surface area contributed by atoms with Gasteiger partial charge in [-0.2, -0.15) is 0 Å². The average Bonchev–Trinajstić information content (AvgIpc) is 2.15. The maximum atomic E-state index is 13.7. The first-order valence-corrected chi connectivity index (χ1v) is 5.51. The number of rotatable bonds is 3. The Kier molecular flexibility index (Phi) is 3.74. The second-order valence-corrected chi connectivity index (χ2v) is 4.65. The van der Waals surface area contributed by atoms with Crippen molar-refractivity contribution < 1.29 is 4.39 Å². The second-order valence-electron chi connectivity index (χ2n) is 4.22. The van der Waals surface area contributed by atoms with E-state index in [2.05, 4.69) is 0 Å². The van der Waals surface area contributed by atoms with E-state index in [1.807, 2.05) is 20.8 Å². The predicted octanol–water partition coefficient (Wildman–Crippen LogP) is 3.70. The van der Waals surface area contributed by atoms with Crippen LogP contribution >= 0.6 is 11.6 Å². The van der Waals surface area contributed by atoms with Gasteiger partial charge in [0.05, 0.1) is 0 Å². The van der Waals surface area contributed by atoms with Crippen molar-refractivity contribution in [2.24, 2.45) is 11.7 Å². The van der Waals surface area contributed by atoms with Crippen molar-refractivity contribution in [1.82, 2.24) is 0 Å². The third-order valence-corrected chi connectivity index (χ3v) is 3.38. The fourth-order valence-electron chi connectivity index (χ4n) is 1.62. The van der Waals surface area contributed by atoms with Crippen LogP contribution in [-0.2, 0) is 5.54 Å². The Hall–Kier alpha value is -0.600. The highest BCUT2D eigenvalue weighted by molar-refractivity contribution is 6.30. The minimum absolute atomic E-state index is 0.216. The third-order valence-electron chi connectivity index (χ3n) is 3.15. The topological polar surface area (TPSA) is 26.0 Å². The van der Waals surface area contributed by atoms with Crippen LogP contribution in [0.15, 0.2) is 18.2 Å². The summed E-state index contributed by atoms with van der Waals surface area (Å²) in [6.45, 7) is 5.92. The van der Waals surface area contributed by atoms with Crippen molar-refractivity contribution in [3.8, 4) is 0 Å². The number of benzene rings is 1. The van der Waals surface area contributed by atoms with Crippen molar-refractivity contribution in [2.45, 2.75) is 32.7 Å². The Balaban J connectivity index is 3.15. The van der Waals surface area contributed by atoms with Crippen molar-refractivity contribution >= 4 is 11.6 Å². The van der Waals surface area contributed by atoms with Crippen LogP contribution in [0.1, 0.15) is 32.8 Å². The van der Waals surface area contributed by atoms with Crippen LogP contribution in [0.4, 0.5) is 4.39 Å². The van der Waals surface area contributed by atoms with E-state index in [-0.39, 0.29) is 11.7 Å². The first-order chi connectivity index (χ1) is 6.89. The first kappa shape index (κ1) is 12.5. The average molecular weight is 230 g/mol. The van der Waals surface area contributed by atoms with Gasteiger partial charge in [0.1, 0.15) is 5.82 Å². The van der Waals surface area contributed by atoms with Crippen LogP contribution in [0.5, 0.6) is 0 Å². The van der Waals surface area contributed by atoms with E-state index in [0.29, 0.717) is 10.6 Å². The molecule has 1 nitrogen and oxygen atoms in total. The molecular formula is C12H17ClFN. The quantitative estimate of drug-likeness (QED) is 0.841. The minimum Gasteiger partial charge on any atom is -0.321 e. The molecule has 0 spiro atoms. The molecule has 0 aromatic heterocycles. The molecule has 0 saturated carbocycles. The lowest BCUT2D eigenvalue weighted by Crippen LogP contribution is -2.40. The molecule has 1 rings (SSSR count). The lowest BCUT2D eigenvalue weighted by Gasteiger charge is -2.32. The summed E-state index contributed by atoms with van der Waals surface area (Å²) in [6, 6.07) is 4.65. The van der Waals surface area contributed by atoms with E-state index in [0.717, 1.165) is 6.42 Å². The maximum absolute atomic E-state index is 13.7. The van der Waals surface area contributed by atoms with Gasteiger partial charge in [-0.3, -0.25) is 0 Å². The van der Waals surface area contributed by atoms with E-state index in [1.165, 1.54) is 6.07 Å². The van der Waals surface area contributed by atoms with Gasteiger partial charge in [-0.15, -0.1) is 0 Å². The van der Waals surface area contributed by atoms with Gasteiger partial charge >= 0.3 is 0 Å². The van der Waals surface area contributed by atoms with Gasteiger partial charge in [0.2, 0.25) is 0 Å². The molecule has 1 aromatic carbocycles. The molecule has 2 atom stereocenters. The molecule has 3 heteroatoms. The molecular weight excluding hydrogens is 213 g/mol. The van der Waals surface area contributed by atoms with E-state index in [9.17, 15) is 4.39 Å². The summed E-state index contributed by atoms with van der Waals surface area (Å²) in [5.74, 6) is -0.110. The molecule has 15 heavy (non-hydrogen) atoms. The Morgan fingerprint density at radius 2 is 2.13 bits per heavy atom. The molecule has 1 aromatic rings. The monoisotopic (exact) mass is 229 g/mol. The molecule has 0 aliphatic heterocycles. The molecule has 0 heterocycles. The molecule has 2 N–H and O–H groups in total. The van der Waals surface area contributed by atoms with Gasteiger partial charge in [-0.05, 0) is 25.0 Å². The summed E-state index contributed by atoms with van der Waals surface area (Å²) in [7, 11) is 0. The third kappa shape index (κ3) is 2.50. The Morgan fingerprint density at radius 1 is 1.53 bits per heavy atom. The maximum Gasteiger partial charge on any atom is 0.129 e. The molecule has 0 aliphatic carbocycles. The van der Waals surface area contributed by atoms with Crippen LogP contribution in [0.25, 0.3) is 0 Å². The van der Waals surface area contributed by atoms with Crippen LogP contribution in [0.2, 0.25) is 5.02 Å². The fourth-order valence-corrected chi connectivity index (χ4v) is 1.77. The predicted molar refractivity (Wildman–Crippen MR) is 62.4 cm³/mol. The molecule has 0 saturated heterocycles. The normalized spacial score (nSPS) is 17.2. The number of hydrogen-bond donors (Lipinski definition) is 1. The van der Waals surface area contributed by atoms with Gasteiger partial charge < -0.3 is 5.73 Å². The number of halogens is 2. The number of nitrogens with two attached hydrogens (primary N) is 1. The SMILES string of the molecule is CCC(C)C(C)(N)c1ccc(Cl)cc1F. The highest BCUT2D eigenvalue weighted by atomic mass is 35.5. The molecule has 0 radical (unpaired) electrons. The lowest BCUT2D eigenvalue weighted by atomic mass is 9.80. The van der Waals surface area contributed by atoms with Gasteiger partial charge in [0, 0.05) is 16.1 Å². The summed E-state index contributed by atoms with van der Waals surface area (Å²) in [5.41, 5.74) is 6.04. The van der Waals surface area contributed by atoms with Crippen molar-refractivity contribution in [3.05, 3.63) is 34.6 Å². The molecule has 0 aliphatic rings. The van der Waals surface area contributed by atoms with Crippen molar-refractivity contribution in [1.29, 1.82) is 0 Å². The molecule has 84 valence electrons. The second kappa shape index (κ2) is 4.50. The van der Waals surface area contributed by atoms with Gasteiger partial charge in [-0.25, -0.2) is 4.39 Å². The first-order valence-electron chi connectivity index (χ1n) is 5.14. The fraction of sp³-hybridized carbons (Fsp3) is 0.500. The Bertz CT molecular complexity index is 349. The van der Waals surface area contributed by atoms with E-state index in [1.54, 1.807) is 12.1 Å². The zero-order valence-corrected chi connectivity index (χ0v) is 10.1. The zero-order valence-electron chi connectivity index (χ0n) is 9.35. The van der Waals surface area contributed by atoms with Gasteiger partial charge in [0.15, 0.2) is 0 Å². The van der Waals surface area contributed by atoms with E-state index in [4.69, 9.17) is 17.3 Å². The summed E-state index contributed by atoms with van der Waals surface area (Å²) < 4.78 is 13.7. The summed E-state index contributed by atoms with van der Waals surface area (Å²) >= 11 is 5.70. The Labute approximate surface area is 95.4 Å². The lowest BCUT2D eigenvalue weighted by molar-refractivity contribution is 0.305.